The Morgan fingerprint density at radius 1 is 0.792 bits per heavy atom. The van der Waals surface area contributed by atoms with Crippen LogP contribution in [0.25, 0.3) is 0 Å². The highest BCUT2D eigenvalue weighted by Crippen LogP contribution is 2.15. The molecule has 0 aromatic heterocycles. The zero-order valence-corrected chi connectivity index (χ0v) is 13.2. The highest BCUT2D eigenvalue weighted by Gasteiger charge is 2.13. The Bertz CT molecular complexity index is 799. The normalized spacial score (nSPS) is 12.0. The number of nitrogens with zero attached hydrogens (tertiary/aromatic N) is 1. The zero-order valence-electron chi connectivity index (χ0n) is 13.2. The Morgan fingerprint density at radius 2 is 1.33 bits per heavy atom. The summed E-state index contributed by atoms with van der Waals surface area (Å²) in [6.07, 6.45) is 1.35. The van der Waals surface area contributed by atoms with Crippen molar-refractivity contribution in [3.05, 3.63) is 108 Å². The van der Waals surface area contributed by atoms with Crippen LogP contribution >= 0.6 is 0 Å². The lowest BCUT2D eigenvalue weighted by atomic mass is 10.1. The molecule has 0 aliphatic carbocycles. The van der Waals surface area contributed by atoms with Gasteiger partial charge in [0, 0.05) is 11.8 Å². The summed E-state index contributed by atoms with van der Waals surface area (Å²) < 4.78 is 0. The topological polar surface area (TPSA) is 41.5 Å². The van der Waals surface area contributed by atoms with Crippen molar-refractivity contribution in [1.82, 2.24) is 5.32 Å². The third kappa shape index (κ3) is 4.17. The summed E-state index contributed by atoms with van der Waals surface area (Å²) in [4.78, 5) is 17.0. The van der Waals surface area contributed by atoms with Crippen LogP contribution < -0.4 is 5.32 Å². The number of hydrogen-bond acceptors (Lipinski definition) is 2. The largest absolute Gasteiger partial charge is 0.326 e. The quantitative estimate of drug-likeness (QED) is 0.703. The maximum Gasteiger partial charge on any atom is 0.253 e. The van der Waals surface area contributed by atoms with Gasteiger partial charge in [-0.25, -0.2) is 0 Å². The maximum absolute atomic E-state index is 12.5. The van der Waals surface area contributed by atoms with E-state index < -0.39 is 6.17 Å². The summed E-state index contributed by atoms with van der Waals surface area (Å²) in [6.45, 7) is 0. The third-order valence-electron chi connectivity index (χ3n) is 3.59. The summed E-state index contributed by atoms with van der Waals surface area (Å²) >= 11 is 0. The molecule has 3 heteroatoms. The van der Waals surface area contributed by atoms with Gasteiger partial charge in [0.1, 0.15) is 6.17 Å². The molecule has 0 spiro atoms. The summed E-state index contributed by atoms with van der Waals surface area (Å²) in [5.41, 5.74) is 2.55. The summed E-state index contributed by atoms with van der Waals surface area (Å²) in [5, 5.41) is 2.98. The molecule has 0 heterocycles. The number of hydrogen-bond donors (Lipinski definition) is 1. The molecule has 3 nitrogen and oxygen atoms in total. The van der Waals surface area contributed by atoms with Crippen molar-refractivity contribution in [1.29, 1.82) is 0 Å². The molecule has 0 saturated carbocycles. The van der Waals surface area contributed by atoms with Crippen molar-refractivity contribution in [2.24, 2.45) is 4.99 Å². The Balaban J connectivity index is 1.83. The second kappa shape index (κ2) is 7.88. The van der Waals surface area contributed by atoms with E-state index in [1.54, 1.807) is 18.3 Å². The van der Waals surface area contributed by atoms with E-state index in [9.17, 15) is 4.79 Å². The molecule has 0 bridgehead atoms. The van der Waals surface area contributed by atoms with Gasteiger partial charge in [-0.2, -0.15) is 0 Å². The molecule has 3 aromatic rings. The van der Waals surface area contributed by atoms with Crippen LogP contribution in [-0.4, -0.2) is 12.1 Å². The van der Waals surface area contributed by atoms with Gasteiger partial charge in [0.05, 0.1) is 0 Å². The molecule has 3 rings (SSSR count). The number of benzene rings is 3. The monoisotopic (exact) mass is 314 g/mol. The zero-order chi connectivity index (χ0) is 16.6. The molecule has 1 N–H and O–H groups in total. The third-order valence-corrected chi connectivity index (χ3v) is 3.59. The van der Waals surface area contributed by atoms with Crippen molar-refractivity contribution >= 4 is 12.1 Å². The molecule has 0 aliphatic heterocycles. The number of aliphatic imine (C=N–C) groups is 1. The lowest BCUT2D eigenvalue weighted by Gasteiger charge is -2.15. The Labute approximate surface area is 141 Å². The van der Waals surface area contributed by atoms with Crippen molar-refractivity contribution in [3.63, 3.8) is 0 Å². The lowest BCUT2D eigenvalue weighted by Crippen LogP contribution is -2.27. The molecule has 3 aromatic carbocycles. The van der Waals surface area contributed by atoms with Crippen molar-refractivity contribution in [2.75, 3.05) is 0 Å². The number of amides is 1. The van der Waals surface area contributed by atoms with Crippen LogP contribution in [0.15, 0.2) is 96.0 Å². The number of carbonyl (C=O) groups is 1. The average Bonchev–Trinajstić information content (AvgIpc) is 2.67. The van der Waals surface area contributed by atoms with Gasteiger partial charge in [0.15, 0.2) is 0 Å². The van der Waals surface area contributed by atoms with Gasteiger partial charge in [-0.05, 0) is 23.3 Å². The van der Waals surface area contributed by atoms with E-state index in [0.717, 1.165) is 11.1 Å². The molecule has 118 valence electrons. The summed E-state index contributed by atoms with van der Waals surface area (Å²) in [7, 11) is 0. The molecule has 0 aliphatic rings. The van der Waals surface area contributed by atoms with Crippen LogP contribution in [0.2, 0.25) is 0 Å². The number of nitrogens with one attached hydrogen (secondary N) is 1. The van der Waals surface area contributed by atoms with E-state index in [2.05, 4.69) is 10.3 Å². The number of carbonyl (C=O) groups excluding carboxylic acids is 1. The van der Waals surface area contributed by atoms with Crippen LogP contribution in [-0.2, 0) is 0 Å². The van der Waals surface area contributed by atoms with Gasteiger partial charge < -0.3 is 5.32 Å². The first kappa shape index (κ1) is 15.7. The fourth-order valence-corrected chi connectivity index (χ4v) is 2.34. The van der Waals surface area contributed by atoms with Gasteiger partial charge >= 0.3 is 0 Å². The average molecular weight is 314 g/mol. The first-order valence-electron chi connectivity index (χ1n) is 7.82. The number of rotatable bonds is 5. The fourth-order valence-electron chi connectivity index (χ4n) is 2.34. The molecule has 0 radical (unpaired) electrons. The van der Waals surface area contributed by atoms with E-state index in [4.69, 9.17) is 0 Å². The van der Waals surface area contributed by atoms with Gasteiger partial charge in [-0.15, -0.1) is 0 Å². The highest BCUT2D eigenvalue weighted by atomic mass is 16.1. The van der Waals surface area contributed by atoms with Crippen LogP contribution in [0.3, 0.4) is 0 Å². The van der Waals surface area contributed by atoms with E-state index in [-0.39, 0.29) is 5.91 Å². The SMILES string of the molecule is O=C(NC(N=Cc1ccccc1)c1ccccc1)c1ccccc1. The molecule has 1 unspecified atom stereocenters. The van der Waals surface area contributed by atoms with Gasteiger partial charge in [0.2, 0.25) is 0 Å². The van der Waals surface area contributed by atoms with E-state index in [0.29, 0.717) is 5.56 Å². The lowest BCUT2D eigenvalue weighted by molar-refractivity contribution is 0.0938. The predicted octanol–water partition coefficient (Wildman–Crippen LogP) is 4.23. The van der Waals surface area contributed by atoms with E-state index in [1.165, 1.54) is 0 Å². The first-order chi connectivity index (χ1) is 11.8. The van der Waals surface area contributed by atoms with E-state index in [1.807, 2.05) is 78.9 Å². The summed E-state index contributed by atoms with van der Waals surface area (Å²) in [5.74, 6) is -0.144. The summed E-state index contributed by atoms with van der Waals surface area (Å²) in [6, 6.07) is 28.7. The minimum atomic E-state index is -0.431. The van der Waals surface area contributed by atoms with Gasteiger partial charge in [0.25, 0.3) is 5.91 Å². The molecule has 0 fully saturated rings. The first-order valence-corrected chi connectivity index (χ1v) is 7.82. The minimum absolute atomic E-state index is 0.144. The molecule has 1 atom stereocenters. The highest BCUT2D eigenvalue weighted by molar-refractivity contribution is 5.94. The van der Waals surface area contributed by atoms with Crippen LogP contribution in [0.4, 0.5) is 0 Å². The van der Waals surface area contributed by atoms with Crippen molar-refractivity contribution < 1.29 is 4.79 Å². The molecular weight excluding hydrogens is 296 g/mol. The Kier molecular flexibility index (Phi) is 5.15. The van der Waals surface area contributed by atoms with Gasteiger partial charge in [-0.1, -0.05) is 78.9 Å². The molecule has 1 amide bonds. The van der Waals surface area contributed by atoms with Crippen LogP contribution in [0.1, 0.15) is 27.7 Å². The Hall–Kier alpha value is -3.20. The van der Waals surface area contributed by atoms with Crippen LogP contribution in [0, 0.1) is 0 Å². The second-order valence-corrected chi connectivity index (χ2v) is 5.34. The Morgan fingerprint density at radius 3 is 1.96 bits per heavy atom. The van der Waals surface area contributed by atoms with Crippen molar-refractivity contribution in [2.45, 2.75) is 6.17 Å². The maximum atomic E-state index is 12.5. The smallest absolute Gasteiger partial charge is 0.253 e. The van der Waals surface area contributed by atoms with E-state index >= 15 is 0 Å². The minimum Gasteiger partial charge on any atom is -0.326 e. The van der Waals surface area contributed by atoms with Crippen molar-refractivity contribution in [3.8, 4) is 0 Å². The fraction of sp³-hybridized carbons (Fsp3) is 0.0476. The predicted molar refractivity (Wildman–Crippen MR) is 97.1 cm³/mol. The van der Waals surface area contributed by atoms with Crippen LogP contribution in [0.5, 0.6) is 0 Å². The molecule has 24 heavy (non-hydrogen) atoms. The standard InChI is InChI=1S/C21H18N2O/c24-21(19-14-8-3-9-15-19)23-20(18-12-6-2-7-13-18)22-16-17-10-4-1-5-11-17/h1-16,20H,(H,23,24). The molecular formula is C21H18N2O. The van der Waals surface area contributed by atoms with Gasteiger partial charge in [-0.3, -0.25) is 9.79 Å². The second-order valence-electron chi connectivity index (χ2n) is 5.34. The molecule has 0 saturated heterocycles.